The van der Waals surface area contributed by atoms with E-state index in [1.165, 1.54) is 11.0 Å². The third kappa shape index (κ3) is 3.38. The Morgan fingerprint density at radius 1 is 1.40 bits per heavy atom. The van der Waals surface area contributed by atoms with Crippen molar-refractivity contribution in [2.45, 2.75) is 32.7 Å². The van der Waals surface area contributed by atoms with E-state index in [1.807, 2.05) is 6.07 Å². The molecule has 0 aliphatic carbocycles. The van der Waals surface area contributed by atoms with E-state index in [0.717, 1.165) is 6.42 Å². The summed E-state index contributed by atoms with van der Waals surface area (Å²) < 4.78 is 14.9. The maximum absolute atomic E-state index is 14.3. The quantitative estimate of drug-likeness (QED) is 0.796. The van der Waals surface area contributed by atoms with Crippen LogP contribution in [0.4, 0.5) is 14.9 Å². The zero-order chi connectivity index (χ0) is 18.3. The average Bonchev–Trinajstić information content (AvgIpc) is 2.53. The number of piperidine rings is 1. The fourth-order valence-electron chi connectivity index (χ4n) is 4.24. The highest BCUT2D eigenvalue weighted by Gasteiger charge is 2.37. The lowest BCUT2D eigenvalue weighted by Gasteiger charge is -2.45. The van der Waals surface area contributed by atoms with Crippen LogP contribution < -0.4 is 4.90 Å². The highest BCUT2D eigenvalue weighted by atomic mass is 79.9. The molecule has 1 amide bonds. The van der Waals surface area contributed by atoms with Crippen molar-refractivity contribution in [3.63, 3.8) is 0 Å². The number of amides is 1. The van der Waals surface area contributed by atoms with Crippen molar-refractivity contribution >= 4 is 33.5 Å². The van der Waals surface area contributed by atoms with E-state index in [0.29, 0.717) is 42.1 Å². The first kappa shape index (κ1) is 18.2. The Morgan fingerprint density at radius 3 is 2.76 bits per heavy atom. The van der Waals surface area contributed by atoms with Crippen molar-refractivity contribution in [1.29, 1.82) is 0 Å². The molecule has 1 unspecified atom stereocenters. The van der Waals surface area contributed by atoms with Gasteiger partial charge in [-0.05, 0) is 37.3 Å². The van der Waals surface area contributed by atoms with Gasteiger partial charge in [-0.25, -0.2) is 9.18 Å². The first-order chi connectivity index (χ1) is 11.8. The molecule has 1 N–H and O–H groups in total. The van der Waals surface area contributed by atoms with Crippen LogP contribution in [0.2, 0.25) is 0 Å². The number of benzene rings is 1. The van der Waals surface area contributed by atoms with Crippen molar-refractivity contribution in [3.05, 3.63) is 28.0 Å². The molecule has 0 bridgehead atoms. The largest absolute Gasteiger partial charge is 0.465 e. The molecule has 1 aromatic rings. The van der Waals surface area contributed by atoms with Crippen LogP contribution in [0.5, 0.6) is 0 Å². The molecule has 1 aromatic carbocycles. The lowest BCUT2D eigenvalue weighted by Crippen LogP contribution is -2.51. The number of halogens is 2. The Balaban J connectivity index is 1.87. The molecule has 0 saturated carbocycles. The number of fused-ring (bicyclic) bond motifs is 1. The summed E-state index contributed by atoms with van der Waals surface area (Å²) in [6, 6.07) is 3.24. The van der Waals surface area contributed by atoms with Gasteiger partial charge in [-0.2, -0.15) is 0 Å². The first-order valence-electron chi connectivity index (χ1n) is 8.56. The molecule has 136 valence electrons. The van der Waals surface area contributed by atoms with Crippen molar-refractivity contribution in [1.82, 2.24) is 4.90 Å². The fraction of sp³-hybridized carbons (Fsp3) is 0.556. The predicted octanol–water partition coefficient (Wildman–Crippen LogP) is 4.01. The van der Waals surface area contributed by atoms with Gasteiger partial charge in [0.25, 0.3) is 0 Å². The maximum Gasteiger partial charge on any atom is 0.407 e. The Kier molecular flexibility index (Phi) is 5.04. The molecule has 3 atom stereocenters. The summed E-state index contributed by atoms with van der Waals surface area (Å²) in [5, 5.41) is 9.18. The highest BCUT2D eigenvalue weighted by molar-refractivity contribution is 9.10. The summed E-state index contributed by atoms with van der Waals surface area (Å²) in [6.45, 7) is 5.75. The van der Waals surface area contributed by atoms with Crippen molar-refractivity contribution in [2.75, 3.05) is 24.5 Å². The van der Waals surface area contributed by atoms with Crippen LogP contribution in [0.15, 0.2) is 16.6 Å². The Bertz CT molecular complexity index is 712. The van der Waals surface area contributed by atoms with E-state index >= 15 is 0 Å². The first-order valence-corrected chi connectivity index (χ1v) is 9.35. The van der Waals surface area contributed by atoms with Gasteiger partial charge in [-0.1, -0.05) is 22.9 Å². The van der Waals surface area contributed by atoms with Gasteiger partial charge >= 0.3 is 6.09 Å². The maximum atomic E-state index is 14.3. The monoisotopic (exact) mass is 412 g/mol. The molecule has 3 rings (SSSR count). The highest BCUT2D eigenvalue weighted by Crippen LogP contribution is 2.37. The molecule has 25 heavy (non-hydrogen) atoms. The van der Waals surface area contributed by atoms with Crippen molar-refractivity contribution < 1.29 is 19.1 Å². The number of nitrogens with zero attached hydrogens (tertiary/aromatic N) is 2. The number of carbonyl (C=O) groups is 2. The minimum Gasteiger partial charge on any atom is -0.465 e. The van der Waals surface area contributed by atoms with Crippen LogP contribution in [0.3, 0.4) is 0 Å². The van der Waals surface area contributed by atoms with Crippen molar-refractivity contribution in [3.8, 4) is 0 Å². The van der Waals surface area contributed by atoms with E-state index in [9.17, 15) is 19.1 Å². The summed E-state index contributed by atoms with van der Waals surface area (Å²) in [4.78, 5) is 26.9. The number of hydrogen-bond donors (Lipinski definition) is 1. The van der Waals surface area contributed by atoms with Gasteiger partial charge in [0.2, 0.25) is 0 Å². The van der Waals surface area contributed by atoms with Crippen LogP contribution in [0.25, 0.3) is 0 Å². The Hall–Kier alpha value is -1.63. The number of anilines is 1. The van der Waals surface area contributed by atoms with Gasteiger partial charge in [0.1, 0.15) is 5.82 Å². The van der Waals surface area contributed by atoms with E-state index in [1.54, 1.807) is 0 Å². The zero-order valence-corrected chi connectivity index (χ0v) is 15.9. The van der Waals surface area contributed by atoms with Gasteiger partial charge in [0.15, 0.2) is 5.78 Å². The summed E-state index contributed by atoms with van der Waals surface area (Å²) in [5.41, 5.74) is 0.820. The van der Waals surface area contributed by atoms with Crippen LogP contribution in [0, 0.1) is 17.7 Å². The van der Waals surface area contributed by atoms with Gasteiger partial charge in [-0.3, -0.25) is 4.79 Å². The second kappa shape index (κ2) is 6.94. The summed E-state index contributed by atoms with van der Waals surface area (Å²) in [5.74, 6) is -0.145. The van der Waals surface area contributed by atoms with Crippen LogP contribution in [-0.2, 0) is 0 Å². The standard InChI is InChI=1S/C18H22BrFN2O3/c1-10-9-21(18(24)25)5-3-13(10)11(2)22-6-4-16(23)17-14(20)7-12(19)8-15(17)22/h7-8,10-11,13H,3-6,9H2,1-2H3,(H,24,25)/t10-,11?,13+/m1/s1. The Labute approximate surface area is 154 Å². The topological polar surface area (TPSA) is 60.9 Å². The van der Waals surface area contributed by atoms with E-state index in [4.69, 9.17) is 0 Å². The number of carbonyl (C=O) groups excluding carboxylic acids is 1. The van der Waals surface area contributed by atoms with E-state index in [2.05, 4.69) is 34.7 Å². The molecular weight excluding hydrogens is 391 g/mol. The number of likely N-dealkylation sites (tertiary alicyclic amines) is 1. The average molecular weight is 413 g/mol. The SMILES string of the molecule is CC([C@H]1CCN(C(=O)O)C[C@H]1C)N1CCC(=O)c2c(F)cc(Br)cc21. The lowest BCUT2D eigenvalue weighted by atomic mass is 9.80. The fourth-order valence-corrected chi connectivity index (χ4v) is 4.66. The summed E-state index contributed by atoms with van der Waals surface area (Å²) in [7, 11) is 0. The normalized spacial score (nSPS) is 24.9. The lowest BCUT2D eigenvalue weighted by molar-refractivity contribution is 0.0913. The second-order valence-electron chi connectivity index (χ2n) is 7.05. The van der Waals surface area contributed by atoms with E-state index in [-0.39, 0.29) is 23.3 Å². The molecule has 2 aliphatic rings. The number of Topliss-reactive ketones (excluding diaryl/α,β-unsaturated/α-hetero) is 1. The van der Waals surface area contributed by atoms with Crippen LogP contribution >= 0.6 is 15.9 Å². The van der Waals surface area contributed by atoms with Crippen molar-refractivity contribution in [2.24, 2.45) is 11.8 Å². The molecule has 0 spiro atoms. The molecule has 1 saturated heterocycles. The van der Waals surface area contributed by atoms with Crippen LogP contribution in [0.1, 0.15) is 37.0 Å². The third-order valence-electron chi connectivity index (χ3n) is 5.56. The minimum atomic E-state index is -0.877. The number of rotatable bonds is 2. The molecule has 0 radical (unpaired) electrons. The van der Waals surface area contributed by atoms with Gasteiger partial charge in [0, 0.05) is 36.6 Å². The third-order valence-corrected chi connectivity index (χ3v) is 6.01. The number of hydrogen-bond acceptors (Lipinski definition) is 3. The summed E-state index contributed by atoms with van der Waals surface area (Å²) >= 11 is 3.32. The van der Waals surface area contributed by atoms with Gasteiger partial charge < -0.3 is 14.9 Å². The molecule has 0 aromatic heterocycles. The molecule has 2 heterocycles. The van der Waals surface area contributed by atoms with Gasteiger partial charge in [0.05, 0.1) is 11.3 Å². The zero-order valence-electron chi connectivity index (χ0n) is 14.3. The Morgan fingerprint density at radius 2 is 2.12 bits per heavy atom. The van der Waals surface area contributed by atoms with Gasteiger partial charge in [-0.15, -0.1) is 0 Å². The minimum absolute atomic E-state index is 0.103. The molecule has 7 heteroatoms. The molecule has 5 nitrogen and oxygen atoms in total. The molecule has 1 fully saturated rings. The van der Waals surface area contributed by atoms with E-state index < -0.39 is 11.9 Å². The predicted molar refractivity (Wildman–Crippen MR) is 96.7 cm³/mol. The molecule has 2 aliphatic heterocycles. The molecular formula is C18H22BrFN2O3. The summed E-state index contributed by atoms with van der Waals surface area (Å²) in [6.07, 6.45) is 0.196. The number of ketones is 1. The van der Waals surface area contributed by atoms with Crippen LogP contribution in [-0.4, -0.2) is 47.6 Å². The number of carboxylic acid groups (broad SMARTS) is 1. The second-order valence-corrected chi connectivity index (χ2v) is 7.96. The smallest absolute Gasteiger partial charge is 0.407 e.